The molecule has 2 amide bonds. The van der Waals surface area contributed by atoms with E-state index >= 15 is 0 Å². The van der Waals surface area contributed by atoms with Gasteiger partial charge in [-0.05, 0) is 42.8 Å². The Hall–Kier alpha value is -2.97. The SMILES string of the molecule is CN1Cc2[nH]c(=O)c3cc(F)ccc3c2[C@H](N(C)C(=O)Nc2ccc(F)c(Cl)c2)C1. The summed E-state index contributed by atoms with van der Waals surface area (Å²) in [4.78, 5) is 31.7. The number of likely N-dealkylation sites (N-methyl/N-ethyl adjacent to an activating group) is 2. The maximum Gasteiger partial charge on any atom is 0.322 e. The van der Waals surface area contributed by atoms with Gasteiger partial charge >= 0.3 is 6.03 Å². The highest BCUT2D eigenvalue weighted by atomic mass is 35.5. The zero-order chi connectivity index (χ0) is 21.6. The molecule has 0 unspecified atom stereocenters. The summed E-state index contributed by atoms with van der Waals surface area (Å²) in [5.74, 6) is -1.08. The maximum atomic E-state index is 13.7. The fraction of sp³-hybridized carbons (Fsp3) is 0.238. The first-order valence-corrected chi connectivity index (χ1v) is 9.64. The third kappa shape index (κ3) is 3.64. The number of hydrogen-bond acceptors (Lipinski definition) is 3. The van der Waals surface area contributed by atoms with Gasteiger partial charge in [-0.2, -0.15) is 0 Å². The number of carbonyl (C=O) groups is 1. The van der Waals surface area contributed by atoms with Crippen LogP contribution in [0.2, 0.25) is 5.02 Å². The standard InChI is InChI=1S/C21H19ClF2N4O2/c1-27-9-17-19(13-5-3-11(23)7-14(13)20(29)26-17)18(10-27)28(2)21(30)25-12-4-6-16(24)15(22)8-12/h3-8,18H,9-10H2,1-2H3,(H,25,30)(H,26,29)/t18-/m1/s1. The largest absolute Gasteiger partial charge is 0.324 e. The summed E-state index contributed by atoms with van der Waals surface area (Å²) in [6, 6.07) is 7.17. The minimum absolute atomic E-state index is 0.0937. The molecule has 30 heavy (non-hydrogen) atoms. The lowest BCUT2D eigenvalue weighted by Crippen LogP contribution is -2.44. The monoisotopic (exact) mass is 432 g/mol. The van der Waals surface area contributed by atoms with Crippen LogP contribution in [0.5, 0.6) is 0 Å². The molecule has 0 aliphatic carbocycles. The second-order valence-corrected chi connectivity index (χ2v) is 7.83. The number of fused-ring (bicyclic) bond motifs is 3. The number of amides is 2. The normalized spacial score (nSPS) is 16.4. The Kier molecular flexibility index (Phi) is 5.21. The Labute approximate surface area is 176 Å². The number of nitrogens with zero attached hydrogens (tertiary/aromatic N) is 2. The van der Waals surface area contributed by atoms with Gasteiger partial charge in [-0.25, -0.2) is 13.6 Å². The zero-order valence-electron chi connectivity index (χ0n) is 16.3. The number of rotatable bonds is 2. The number of aromatic nitrogens is 1. The Bertz CT molecular complexity index is 1210. The Balaban J connectivity index is 1.73. The zero-order valence-corrected chi connectivity index (χ0v) is 17.1. The van der Waals surface area contributed by atoms with Gasteiger partial charge in [0.2, 0.25) is 0 Å². The molecule has 1 atom stereocenters. The van der Waals surface area contributed by atoms with Crippen molar-refractivity contribution >= 4 is 34.1 Å². The quantitative estimate of drug-likeness (QED) is 0.640. The van der Waals surface area contributed by atoms with E-state index in [0.29, 0.717) is 29.9 Å². The molecule has 0 saturated carbocycles. The minimum Gasteiger partial charge on any atom is -0.324 e. The molecular formula is C21H19ClF2N4O2. The highest BCUT2D eigenvalue weighted by molar-refractivity contribution is 6.31. The minimum atomic E-state index is -0.575. The van der Waals surface area contributed by atoms with Gasteiger partial charge < -0.3 is 15.2 Å². The van der Waals surface area contributed by atoms with Crippen LogP contribution >= 0.6 is 11.6 Å². The van der Waals surface area contributed by atoms with Crippen molar-refractivity contribution < 1.29 is 13.6 Å². The number of benzene rings is 2. The predicted molar refractivity (Wildman–Crippen MR) is 112 cm³/mol. The Morgan fingerprint density at radius 2 is 2.00 bits per heavy atom. The molecule has 6 nitrogen and oxygen atoms in total. The van der Waals surface area contributed by atoms with Crippen molar-refractivity contribution in [1.29, 1.82) is 0 Å². The fourth-order valence-electron chi connectivity index (χ4n) is 3.84. The molecule has 3 aromatic rings. The Morgan fingerprint density at radius 1 is 1.23 bits per heavy atom. The molecule has 0 bridgehead atoms. The fourth-order valence-corrected chi connectivity index (χ4v) is 4.02. The second kappa shape index (κ2) is 7.70. The molecule has 156 valence electrons. The van der Waals surface area contributed by atoms with E-state index in [2.05, 4.69) is 10.3 Å². The molecule has 1 aromatic heterocycles. The van der Waals surface area contributed by atoms with Crippen LogP contribution in [0.1, 0.15) is 17.3 Å². The van der Waals surface area contributed by atoms with E-state index in [1.54, 1.807) is 13.1 Å². The topological polar surface area (TPSA) is 68.4 Å². The van der Waals surface area contributed by atoms with Gasteiger partial charge in [0.05, 0.1) is 16.5 Å². The number of aromatic amines is 1. The average Bonchev–Trinajstić information content (AvgIpc) is 2.69. The van der Waals surface area contributed by atoms with Crippen LogP contribution in [0.15, 0.2) is 41.2 Å². The van der Waals surface area contributed by atoms with E-state index in [-0.39, 0.29) is 16.0 Å². The van der Waals surface area contributed by atoms with Crippen LogP contribution in [0, 0.1) is 11.6 Å². The second-order valence-electron chi connectivity index (χ2n) is 7.42. The first kappa shape index (κ1) is 20.3. The van der Waals surface area contributed by atoms with Crippen molar-refractivity contribution in [1.82, 2.24) is 14.8 Å². The van der Waals surface area contributed by atoms with Crippen LogP contribution in [0.25, 0.3) is 10.8 Å². The molecule has 2 N–H and O–H groups in total. The highest BCUT2D eigenvalue weighted by Crippen LogP contribution is 2.34. The van der Waals surface area contributed by atoms with Crippen LogP contribution in [-0.2, 0) is 6.54 Å². The molecule has 2 heterocycles. The number of H-pyrrole nitrogens is 1. The molecule has 0 radical (unpaired) electrons. The molecular weight excluding hydrogens is 414 g/mol. The van der Waals surface area contributed by atoms with Crippen LogP contribution in [0.3, 0.4) is 0 Å². The predicted octanol–water partition coefficient (Wildman–Crippen LogP) is 4.11. The van der Waals surface area contributed by atoms with E-state index in [1.807, 2.05) is 11.9 Å². The molecule has 1 aliphatic rings. The first-order valence-electron chi connectivity index (χ1n) is 9.26. The van der Waals surface area contributed by atoms with Crippen molar-refractivity contribution in [3.63, 3.8) is 0 Å². The van der Waals surface area contributed by atoms with E-state index in [1.165, 1.54) is 35.2 Å². The first-order chi connectivity index (χ1) is 14.2. The molecule has 1 aliphatic heterocycles. The maximum absolute atomic E-state index is 13.7. The number of halogens is 3. The molecule has 4 rings (SSSR count). The number of nitrogens with one attached hydrogen (secondary N) is 2. The van der Waals surface area contributed by atoms with Crippen molar-refractivity contribution in [3.05, 3.63) is 74.7 Å². The van der Waals surface area contributed by atoms with E-state index < -0.39 is 23.7 Å². The summed E-state index contributed by atoms with van der Waals surface area (Å²) in [5.41, 5.74) is 1.45. The number of anilines is 1. The third-order valence-corrected chi connectivity index (χ3v) is 5.60. The van der Waals surface area contributed by atoms with Crippen molar-refractivity contribution in [2.75, 3.05) is 26.0 Å². The number of hydrogen-bond donors (Lipinski definition) is 2. The Morgan fingerprint density at radius 3 is 2.73 bits per heavy atom. The van der Waals surface area contributed by atoms with Gasteiger partial charge in [0.15, 0.2) is 0 Å². The average molecular weight is 433 g/mol. The summed E-state index contributed by atoms with van der Waals surface area (Å²) < 4.78 is 27.1. The van der Waals surface area contributed by atoms with Crippen LogP contribution in [0.4, 0.5) is 19.3 Å². The molecule has 0 saturated heterocycles. The molecule has 9 heteroatoms. The van der Waals surface area contributed by atoms with Crippen molar-refractivity contribution in [2.24, 2.45) is 0 Å². The van der Waals surface area contributed by atoms with Gasteiger partial charge in [0.1, 0.15) is 11.6 Å². The summed E-state index contributed by atoms with van der Waals surface area (Å²) >= 11 is 5.79. The molecule has 2 aromatic carbocycles. The molecule has 0 spiro atoms. The van der Waals surface area contributed by atoms with E-state index in [0.717, 1.165) is 5.56 Å². The highest BCUT2D eigenvalue weighted by Gasteiger charge is 2.32. The van der Waals surface area contributed by atoms with E-state index in [9.17, 15) is 18.4 Å². The number of urea groups is 1. The summed E-state index contributed by atoms with van der Waals surface area (Å²) in [6.07, 6.45) is 0. The molecule has 0 fully saturated rings. The lowest BCUT2D eigenvalue weighted by molar-refractivity contribution is 0.167. The summed E-state index contributed by atoms with van der Waals surface area (Å²) in [5, 5.41) is 3.46. The van der Waals surface area contributed by atoms with Gasteiger partial charge in [-0.3, -0.25) is 9.69 Å². The smallest absolute Gasteiger partial charge is 0.322 e. The van der Waals surface area contributed by atoms with Crippen molar-refractivity contribution in [3.8, 4) is 0 Å². The lowest BCUT2D eigenvalue weighted by atomic mass is 9.93. The van der Waals surface area contributed by atoms with Crippen molar-refractivity contribution in [2.45, 2.75) is 12.6 Å². The van der Waals surface area contributed by atoms with Gasteiger partial charge in [-0.15, -0.1) is 0 Å². The van der Waals surface area contributed by atoms with E-state index in [4.69, 9.17) is 11.6 Å². The van der Waals surface area contributed by atoms with Gasteiger partial charge in [0.25, 0.3) is 5.56 Å². The summed E-state index contributed by atoms with van der Waals surface area (Å²) in [6.45, 7) is 1.01. The van der Waals surface area contributed by atoms with Gasteiger partial charge in [0, 0.05) is 37.1 Å². The van der Waals surface area contributed by atoms with Crippen LogP contribution in [-0.4, -0.2) is 41.5 Å². The number of carbonyl (C=O) groups excluding carboxylic acids is 1. The third-order valence-electron chi connectivity index (χ3n) is 5.31. The van der Waals surface area contributed by atoms with Gasteiger partial charge in [-0.1, -0.05) is 17.7 Å². The summed E-state index contributed by atoms with van der Waals surface area (Å²) in [7, 11) is 3.52. The van der Waals surface area contributed by atoms with Crippen LogP contribution < -0.4 is 10.9 Å². The lowest BCUT2D eigenvalue weighted by Gasteiger charge is -2.38. The number of pyridine rings is 1.